The van der Waals surface area contributed by atoms with Crippen molar-refractivity contribution in [3.05, 3.63) is 45.4 Å². The van der Waals surface area contributed by atoms with Gasteiger partial charge in [0.25, 0.3) is 5.56 Å². The minimum Gasteiger partial charge on any atom is -0.464 e. The highest BCUT2D eigenvalue weighted by Gasteiger charge is 2.49. The van der Waals surface area contributed by atoms with E-state index in [0.29, 0.717) is 0 Å². The molecule has 0 radical (unpaired) electrons. The second-order valence-corrected chi connectivity index (χ2v) is 11.8. The van der Waals surface area contributed by atoms with Crippen LogP contribution < -0.4 is 11.2 Å². The van der Waals surface area contributed by atoms with Gasteiger partial charge in [-0.05, 0) is 12.1 Å². The number of nitrogens with one attached hydrogen (secondary N) is 1. The molecular weight excluding hydrogens is 606 g/mol. The minimum absolute atomic E-state index is 0.0608. The van der Waals surface area contributed by atoms with Gasteiger partial charge in [0, 0.05) is 6.20 Å². The van der Waals surface area contributed by atoms with Crippen LogP contribution in [-0.4, -0.2) is 112 Å². The van der Waals surface area contributed by atoms with E-state index in [9.17, 15) is 54.0 Å². The zero-order valence-corrected chi connectivity index (χ0v) is 22.2. The average molecular weight is 632 g/mol. The van der Waals surface area contributed by atoms with Crippen molar-refractivity contribution in [2.45, 2.75) is 55.2 Å². The van der Waals surface area contributed by atoms with Crippen molar-refractivity contribution in [1.82, 2.24) is 9.55 Å². The predicted molar refractivity (Wildman–Crippen MR) is 126 cm³/mol. The first-order chi connectivity index (χ1) is 19.1. The van der Waals surface area contributed by atoms with E-state index in [1.165, 1.54) is 18.4 Å². The summed E-state index contributed by atoms with van der Waals surface area (Å²) in [5, 5.41) is 59.3. The van der Waals surface area contributed by atoms with Gasteiger partial charge in [-0.25, -0.2) is 13.9 Å². The highest BCUT2D eigenvalue weighted by Crippen LogP contribution is 2.61. The van der Waals surface area contributed by atoms with Gasteiger partial charge in [-0.2, -0.15) is 4.31 Å². The molecule has 0 aromatic carbocycles. The summed E-state index contributed by atoms with van der Waals surface area (Å²) in [6.45, 7) is -1.97. The van der Waals surface area contributed by atoms with Crippen molar-refractivity contribution >= 4 is 15.6 Å². The summed E-state index contributed by atoms with van der Waals surface area (Å²) in [6.07, 6.45) is -14.5. The van der Waals surface area contributed by atoms with Gasteiger partial charge in [0.2, 0.25) is 0 Å². The Labute approximate surface area is 227 Å². The van der Waals surface area contributed by atoms with Crippen LogP contribution in [0.15, 0.2) is 38.6 Å². The number of nitrogens with zero attached hydrogens (tertiary/aromatic N) is 1. The van der Waals surface area contributed by atoms with E-state index in [2.05, 4.69) is 13.4 Å². The Morgan fingerprint density at radius 1 is 0.927 bits per heavy atom. The molecule has 4 heterocycles. The van der Waals surface area contributed by atoms with E-state index in [0.717, 1.165) is 10.8 Å². The lowest BCUT2D eigenvalue weighted by Crippen LogP contribution is -2.58. The fourth-order valence-electron chi connectivity index (χ4n) is 4.00. The molecule has 2 aliphatic heterocycles. The molecule has 0 bridgehead atoms. The maximum atomic E-state index is 12.4. The Hall–Kier alpha value is -2.10. The lowest BCUT2D eigenvalue weighted by atomic mass is 10.00. The Kier molecular flexibility index (Phi) is 9.51. The summed E-state index contributed by atoms with van der Waals surface area (Å²) in [4.78, 5) is 46.3. The van der Waals surface area contributed by atoms with Gasteiger partial charge < -0.3 is 54.3 Å². The summed E-state index contributed by atoms with van der Waals surface area (Å²) in [5.74, 6) is 0.0608. The maximum Gasteiger partial charge on any atom is 0.483 e. The second-order valence-electron chi connectivity index (χ2n) is 8.85. The van der Waals surface area contributed by atoms with E-state index in [-0.39, 0.29) is 11.3 Å². The molecule has 0 amide bonds. The number of hydrogen-bond acceptors (Lipinski definition) is 16. The summed E-state index contributed by atoms with van der Waals surface area (Å²) < 4.78 is 53.8. The molecule has 2 aromatic heterocycles. The van der Waals surface area contributed by atoms with Gasteiger partial charge in [-0.1, -0.05) is 0 Å². The minimum atomic E-state index is -5.63. The number of furan rings is 1. The molecule has 4 rings (SSSR count). The highest BCUT2D eigenvalue weighted by atomic mass is 31.3. The molecule has 22 heteroatoms. The maximum absolute atomic E-state index is 12.4. The quantitative estimate of drug-likeness (QED) is 0.115. The first kappa shape index (κ1) is 31.8. The van der Waals surface area contributed by atoms with E-state index in [4.69, 9.17) is 19.0 Å². The van der Waals surface area contributed by atoms with Crippen molar-refractivity contribution in [3.8, 4) is 11.3 Å². The summed E-state index contributed by atoms with van der Waals surface area (Å²) in [7, 11) is -11.2. The van der Waals surface area contributed by atoms with Gasteiger partial charge in [0.1, 0.15) is 48.5 Å². The number of hydrogen-bond donors (Lipinski definition) is 9. The van der Waals surface area contributed by atoms with Gasteiger partial charge in [0.15, 0.2) is 12.5 Å². The van der Waals surface area contributed by atoms with Crippen LogP contribution in [0.5, 0.6) is 0 Å². The number of aliphatic hydroxyl groups excluding tert-OH is 6. The molecule has 0 aliphatic carbocycles. The molecule has 2 aliphatic rings. The Morgan fingerprint density at radius 3 is 2.24 bits per heavy atom. The van der Waals surface area contributed by atoms with E-state index in [1.54, 1.807) is 0 Å². The smallest absolute Gasteiger partial charge is 0.464 e. The predicted octanol–water partition coefficient (Wildman–Crippen LogP) is -3.53. The zero-order chi connectivity index (χ0) is 30.3. The standard InChI is InChI=1S/C19H26N2O18P2/c22-5-9-11(23)13(25)15(27)18(37-9)38-41(32,33)39-40(30,31)35-6-10-12(24)14(26)17(36-10)21-4-7(8-2-1-3-34-8)16(28)20-19(21)29/h1-4,9-15,17-18,22-27H,5-6H2,(H,30,31)(H,32,33)(H,20,28,29)/t9-,10-,11+,12-,13+,14-,15-,17-,18-/m1/s1. The number of H-pyrrole nitrogens is 1. The molecule has 20 nitrogen and oxygen atoms in total. The Morgan fingerprint density at radius 2 is 1.61 bits per heavy atom. The van der Waals surface area contributed by atoms with E-state index < -0.39 is 95.4 Å². The van der Waals surface area contributed by atoms with Crippen molar-refractivity contribution in [2.75, 3.05) is 13.2 Å². The number of aromatic nitrogens is 2. The van der Waals surface area contributed by atoms with Gasteiger partial charge >= 0.3 is 21.3 Å². The van der Waals surface area contributed by atoms with Gasteiger partial charge in [0.05, 0.1) is 25.0 Å². The largest absolute Gasteiger partial charge is 0.483 e. The monoisotopic (exact) mass is 632 g/mol. The third-order valence-electron chi connectivity index (χ3n) is 6.06. The lowest BCUT2D eigenvalue weighted by molar-refractivity contribution is -0.280. The zero-order valence-electron chi connectivity index (χ0n) is 20.4. The number of aromatic amines is 1. The first-order valence-corrected chi connectivity index (χ1v) is 14.5. The third kappa shape index (κ3) is 6.94. The highest BCUT2D eigenvalue weighted by molar-refractivity contribution is 7.61. The normalized spacial score (nSPS) is 35.2. The molecule has 11 atom stereocenters. The van der Waals surface area contributed by atoms with Gasteiger partial charge in [-0.15, -0.1) is 0 Å². The summed E-state index contributed by atoms with van der Waals surface area (Å²) >= 11 is 0. The summed E-state index contributed by atoms with van der Waals surface area (Å²) in [6, 6.07) is 2.88. The first-order valence-electron chi connectivity index (χ1n) is 11.6. The molecule has 41 heavy (non-hydrogen) atoms. The topological polar surface area (TPSA) is 310 Å². The molecule has 2 saturated heterocycles. The third-order valence-corrected chi connectivity index (χ3v) is 8.66. The van der Waals surface area contributed by atoms with E-state index in [1.807, 2.05) is 4.98 Å². The fourth-order valence-corrected chi connectivity index (χ4v) is 6.16. The second kappa shape index (κ2) is 12.3. The molecule has 0 spiro atoms. The fraction of sp³-hybridized carbons (Fsp3) is 0.579. The molecule has 0 saturated carbocycles. The Bertz CT molecular complexity index is 1410. The van der Waals surface area contributed by atoms with E-state index >= 15 is 0 Å². The van der Waals surface area contributed by atoms with Crippen LogP contribution in [0.25, 0.3) is 11.3 Å². The number of rotatable bonds is 10. The van der Waals surface area contributed by atoms with Crippen molar-refractivity contribution in [1.29, 1.82) is 0 Å². The van der Waals surface area contributed by atoms with Crippen LogP contribution in [-0.2, 0) is 32.0 Å². The van der Waals surface area contributed by atoms with Crippen LogP contribution in [0.1, 0.15) is 6.23 Å². The number of aliphatic hydroxyl groups is 6. The molecule has 2 fully saturated rings. The number of phosphoric acid groups is 2. The van der Waals surface area contributed by atoms with Crippen LogP contribution in [0.2, 0.25) is 0 Å². The van der Waals surface area contributed by atoms with Gasteiger partial charge in [-0.3, -0.25) is 23.4 Å². The van der Waals surface area contributed by atoms with Crippen molar-refractivity contribution in [2.24, 2.45) is 0 Å². The molecule has 2 unspecified atom stereocenters. The lowest BCUT2D eigenvalue weighted by Gasteiger charge is -2.39. The van der Waals surface area contributed by atoms with Crippen LogP contribution >= 0.6 is 15.6 Å². The number of phosphoric ester groups is 2. The summed E-state index contributed by atoms with van der Waals surface area (Å²) in [5.41, 5.74) is -2.01. The SMILES string of the molecule is O=c1[nH]c(=O)n([C@@H]2O[C@H](COP(=O)(O)OP(=O)(O)O[C@H]3O[C@H](CO)[C@H](O)[C@H](O)[C@H]3O)[C@@H](O)[C@H]2O)cc1-c1ccco1. The molecular formula is C19H26N2O18P2. The van der Waals surface area contributed by atoms with Crippen molar-refractivity contribution < 1.29 is 76.8 Å². The number of ether oxygens (including phenoxy) is 2. The molecule has 9 N–H and O–H groups in total. The Balaban J connectivity index is 1.41. The van der Waals surface area contributed by atoms with Crippen LogP contribution in [0.4, 0.5) is 0 Å². The van der Waals surface area contributed by atoms with Crippen molar-refractivity contribution in [3.63, 3.8) is 0 Å². The van der Waals surface area contributed by atoms with Crippen LogP contribution in [0.3, 0.4) is 0 Å². The van der Waals surface area contributed by atoms with Crippen LogP contribution in [0, 0.1) is 0 Å². The average Bonchev–Trinajstić information content (AvgIpc) is 3.52. The molecule has 2 aromatic rings. The molecule has 230 valence electrons.